The summed E-state index contributed by atoms with van der Waals surface area (Å²) in [6.45, 7) is 1.91. The number of benzene rings is 1. The highest BCUT2D eigenvalue weighted by Gasteiger charge is 2.23. The smallest absolute Gasteiger partial charge is 0.255 e. The molecule has 0 bridgehead atoms. The molecule has 0 saturated heterocycles. The molecule has 0 aliphatic heterocycles. The predicted molar refractivity (Wildman–Crippen MR) is 98.2 cm³/mol. The van der Waals surface area contributed by atoms with Crippen LogP contribution in [0.15, 0.2) is 36.4 Å². The van der Waals surface area contributed by atoms with Crippen molar-refractivity contribution in [3.05, 3.63) is 53.2 Å². The molecule has 6 heteroatoms. The molecule has 1 aromatic carbocycles. The minimum absolute atomic E-state index is 0.0907. The van der Waals surface area contributed by atoms with Gasteiger partial charge in [-0.1, -0.05) is 0 Å². The summed E-state index contributed by atoms with van der Waals surface area (Å²) in [5.74, 6) is 0.378. The molecule has 25 heavy (non-hydrogen) atoms. The van der Waals surface area contributed by atoms with Gasteiger partial charge in [0.15, 0.2) is 5.82 Å². The Morgan fingerprint density at radius 2 is 1.60 bits per heavy atom. The third-order valence-electron chi connectivity index (χ3n) is 4.01. The van der Waals surface area contributed by atoms with Crippen molar-refractivity contribution in [3.8, 4) is 0 Å². The van der Waals surface area contributed by atoms with E-state index in [9.17, 15) is 9.59 Å². The molecular weight excluding hydrogens is 316 g/mol. The first-order chi connectivity index (χ1) is 11.9. The molecule has 1 fully saturated rings. The van der Waals surface area contributed by atoms with Gasteiger partial charge in [-0.3, -0.25) is 9.59 Å². The number of aryl methyl sites for hydroxylation is 1. The van der Waals surface area contributed by atoms with E-state index in [4.69, 9.17) is 0 Å². The number of aromatic nitrogens is 1. The summed E-state index contributed by atoms with van der Waals surface area (Å²) in [5, 5.41) is 5.81. The Balaban J connectivity index is 1.72. The van der Waals surface area contributed by atoms with Gasteiger partial charge >= 0.3 is 0 Å². The number of carbonyl (C=O) groups excluding carboxylic acids is 2. The average Bonchev–Trinajstić information content (AvgIpc) is 3.40. The molecule has 1 aromatic heterocycles. The Morgan fingerprint density at radius 3 is 2.16 bits per heavy atom. The molecule has 1 saturated carbocycles. The van der Waals surface area contributed by atoms with E-state index in [1.165, 1.54) is 0 Å². The van der Waals surface area contributed by atoms with Gasteiger partial charge in [-0.25, -0.2) is 4.98 Å². The standard InChI is InChI=1S/C19H22N4O2/c1-12-4-11-16(17(20-12)23(2)3)22-19(25)14-7-5-13(6-8-14)18(24)21-15-9-10-15/h4-8,11,15H,9-10H2,1-3H3,(H,21,24)(H,22,25). The van der Waals surface area contributed by atoms with E-state index in [1.54, 1.807) is 24.3 Å². The van der Waals surface area contributed by atoms with E-state index in [0.717, 1.165) is 18.5 Å². The van der Waals surface area contributed by atoms with Gasteiger partial charge < -0.3 is 15.5 Å². The SMILES string of the molecule is Cc1ccc(NC(=O)c2ccc(C(=O)NC3CC3)cc2)c(N(C)C)n1. The molecule has 0 radical (unpaired) electrons. The van der Waals surface area contributed by atoms with Crippen molar-refractivity contribution >= 4 is 23.3 Å². The number of anilines is 2. The number of nitrogens with one attached hydrogen (secondary N) is 2. The van der Waals surface area contributed by atoms with Gasteiger partial charge in [0, 0.05) is 37.0 Å². The molecule has 6 nitrogen and oxygen atoms in total. The van der Waals surface area contributed by atoms with Gasteiger partial charge in [0.05, 0.1) is 5.69 Å². The highest BCUT2D eigenvalue weighted by atomic mass is 16.2. The lowest BCUT2D eigenvalue weighted by Crippen LogP contribution is -2.25. The Labute approximate surface area is 147 Å². The summed E-state index contributed by atoms with van der Waals surface area (Å²) in [6, 6.07) is 10.7. The third-order valence-corrected chi connectivity index (χ3v) is 4.01. The van der Waals surface area contributed by atoms with Crippen LogP contribution >= 0.6 is 0 Å². The average molecular weight is 338 g/mol. The van der Waals surface area contributed by atoms with Crippen LogP contribution in [0.1, 0.15) is 39.3 Å². The predicted octanol–water partition coefficient (Wildman–Crippen LogP) is 2.60. The first-order valence-electron chi connectivity index (χ1n) is 8.31. The van der Waals surface area contributed by atoms with Gasteiger partial charge in [-0.05, 0) is 56.2 Å². The lowest BCUT2D eigenvalue weighted by Gasteiger charge is -2.17. The van der Waals surface area contributed by atoms with E-state index in [0.29, 0.717) is 28.7 Å². The molecule has 1 aliphatic carbocycles. The topological polar surface area (TPSA) is 74.3 Å². The minimum atomic E-state index is -0.233. The minimum Gasteiger partial charge on any atom is -0.361 e. The Kier molecular flexibility index (Phi) is 4.70. The summed E-state index contributed by atoms with van der Waals surface area (Å²) in [4.78, 5) is 30.8. The second kappa shape index (κ2) is 6.93. The maximum atomic E-state index is 12.5. The normalized spacial score (nSPS) is 13.2. The zero-order chi connectivity index (χ0) is 18.0. The Hall–Kier alpha value is -2.89. The Bertz CT molecular complexity index is 796. The lowest BCUT2D eigenvalue weighted by atomic mass is 10.1. The maximum absolute atomic E-state index is 12.5. The number of carbonyl (C=O) groups is 2. The largest absolute Gasteiger partial charge is 0.361 e. The molecule has 1 heterocycles. The van der Waals surface area contributed by atoms with E-state index in [2.05, 4.69) is 15.6 Å². The van der Waals surface area contributed by atoms with E-state index in [-0.39, 0.29) is 11.8 Å². The fraction of sp³-hybridized carbons (Fsp3) is 0.316. The fourth-order valence-corrected chi connectivity index (χ4v) is 2.45. The van der Waals surface area contributed by atoms with E-state index >= 15 is 0 Å². The summed E-state index contributed by atoms with van der Waals surface area (Å²) in [5.41, 5.74) is 2.59. The van der Waals surface area contributed by atoms with Crippen molar-refractivity contribution in [2.45, 2.75) is 25.8 Å². The van der Waals surface area contributed by atoms with Crippen molar-refractivity contribution in [2.75, 3.05) is 24.3 Å². The monoisotopic (exact) mass is 338 g/mol. The van der Waals surface area contributed by atoms with Gasteiger partial charge in [0.1, 0.15) is 0 Å². The van der Waals surface area contributed by atoms with Crippen LogP contribution in [-0.2, 0) is 0 Å². The number of nitrogens with zero attached hydrogens (tertiary/aromatic N) is 2. The molecule has 3 rings (SSSR count). The van der Waals surface area contributed by atoms with Crippen molar-refractivity contribution in [2.24, 2.45) is 0 Å². The number of hydrogen-bond acceptors (Lipinski definition) is 4. The number of pyridine rings is 1. The molecular formula is C19H22N4O2. The van der Waals surface area contributed by atoms with Crippen molar-refractivity contribution in [3.63, 3.8) is 0 Å². The van der Waals surface area contributed by atoms with Gasteiger partial charge in [-0.2, -0.15) is 0 Å². The number of rotatable bonds is 5. The van der Waals surface area contributed by atoms with E-state index < -0.39 is 0 Å². The van der Waals surface area contributed by atoms with Crippen LogP contribution in [0.2, 0.25) is 0 Å². The summed E-state index contributed by atoms with van der Waals surface area (Å²) in [7, 11) is 3.76. The first kappa shape index (κ1) is 17.0. The maximum Gasteiger partial charge on any atom is 0.255 e. The highest BCUT2D eigenvalue weighted by Crippen LogP contribution is 2.23. The van der Waals surface area contributed by atoms with Crippen LogP contribution < -0.4 is 15.5 Å². The lowest BCUT2D eigenvalue weighted by molar-refractivity contribution is 0.0949. The van der Waals surface area contributed by atoms with Crippen LogP contribution in [0, 0.1) is 6.92 Å². The molecule has 2 amide bonds. The first-order valence-corrected chi connectivity index (χ1v) is 8.31. The van der Waals surface area contributed by atoms with Crippen LogP contribution in [-0.4, -0.2) is 36.9 Å². The quantitative estimate of drug-likeness (QED) is 0.879. The third kappa shape index (κ3) is 4.15. The highest BCUT2D eigenvalue weighted by molar-refractivity contribution is 6.06. The summed E-state index contributed by atoms with van der Waals surface area (Å²) in [6.07, 6.45) is 2.09. The molecule has 0 atom stereocenters. The van der Waals surface area contributed by atoms with Crippen molar-refractivity contribution in [1.29, 1.82) is 0 Å². The van der Waals surface area contributed by atoms with Crippen molar-refractivity contribution < 1.29 is 9.59 Å². The molecule has 1 aliphatic rings. The van der Waals surface area contributed by atoms with Crippen LogP contribution in [0.3, 0.4) is 0 Å². The fourth-order valence-electron chi connectivity index (χ4n) is 2.45. The second-order valence-electron chi connectivity index (χ2n) is 6.50. The number of hydrogen-bond donors (Lipinski definition) is 2. The van der Waals surface area contributed by atoms with Gasteiger partial charge in [-0.15, -0.1) is 0 Å². The van der Waals surface area contributed by atoms with Crippen LogP contribution in [0.4, 0.5) is 11.5 Å². The van der Waals surface area contributed by atoms with Gasteiger partial charge in [0.2, 0.25) is 0 Å². The second-order valence-corrected chi connectivity index (χ2v) is 6.50. The molecule has 130 valence electrons. The van der Waals surface area contributed by atoms with Crippen molar-refractivity contribution in [1.82, 2.24) is 10.3 Å². The van der Waals surface area contributed by atoms with Gasteiger partial charge in [0.25, 0.3) is 11.8 Å². The zero-order valence-electron chi connectivity index (χ0n) is 14.7. The van der Waals surface area contributed by atoms with E-state index in [1.807, 2.05) is 38.1 Å². The molecule has 0 spiro atoms. The molecule has 2 aromatic rings. The summed E-state index contributed by atoms with van der Waals surface area (Å²) < 4.78 is 0. The van der Waals surface area contributed by atoms with Crippen LogP contribution in [0.5, 0.6) is 0 Å². The van der Waals surface area contributed by atoms with Crippen LogP contribution in [0.25, 0.3) is 0 Å². The molecule has 2 N–H and O–H groups in total. The molecule has 0 unspecified atom stereocenters. The zero-order valence-corrected chi connectivity index (χ0v) is 14.7. The number of amides is 2. The Morgan fingerprint density at radius 1 is 1.00 bits per heavy atom. The summed E-state index contributed by atoms with van der Waals surface area (Å²) >= 11 is 0.